The summed E-state index contributed by atoms with van der Waals surface area (Å²) in [6.07, 6.45) is 2.56. The van der Waals surface area contributed by atoms with Crippen LogP contribution in [-0.2, 0) is 22.9 Å². The van der Waals surface area contributed by atoms with Crippen LogP contribution in [0.4, 0.5) is 5.69 Å². The molecule has 1 aromatic heterocycles. The fraction of sp³-hybridized carbons (Fsp3) is 0.269. The number of likely N-dealkylation sites (N-methyl/N-ethyl adjacent to an activating group) is 1. The van der Waals surface area contributed by atoms with Gasteiger partial charge < -0.3 is 14.1 Å². The van der Waals surface area contributed by atoms with Crippen molar-refractivity contribution in [2.45, 2.75) is 30.2 Å². The Morgan fingerprint density at radius 3 is 2.50 bits per heavy atom. The number of benzene rings is 3. The lowest BCUT2D eigenvalue weighted by atomic mass is 9.86. The molecule has 1 atom stereocenters. The summed E-state index contributed by atoms with van der Waals surface area (Å²) in [5.41, 5.74) is 4.85. The summed E-state index contributed by atoms with van der Waals surface area (Å²) < 4.78 is 40.6. The minimum Gasteiger partial charge on any atom is -0.496 e. The van der Waals surface area contributed by atoms with E-state index in [2.05, 4.69) is 28.7 Å². The molecule has 0 amide bonds. The number of nitrogens with zero attached hydrogens (tertiary/aromatic N) is 2. The molecule has 0 bridgehead atoms. The van der Waals surface area contributed by atoms with Crippen LogP contribution >= 0.6 is 0 Å². The smallest absolute Gasteiger partial charge is 0.261 e. The Bertz CT molecular complexity index is 1410. The van der Waals surface area contributed by atoms with Gasteiger partial charge in [0.1, 0.15) is 11.3 Å². The van der Waals surface area contributed by atoms with E-state index in [1.165, 1.54) is 0 Å². The van der Waals surface area contributed by atoms with Crippen molar-refractivity contribution >= 4 is 26.8 Å². The van der Waals surface area contributed by atoms with Crippen LogP contribution in [0.5, 0.6) is 5.75 Å². The number of ether oxygens (including phenoxy) is 1. The maximum atomic E-state index is 13.2. The first kappa shape index (κ1) is 22.4. The van der Waals surface area contributed by atoms with Gasteiger partial charge in [-0.25, -0.2) is 13.4 Å². The molecular weight excluding hydrogens is 450 g/mol. The van der Waals surface area contributed by atoms with E-state index >= 15 is 0 Å². The van der Waals surface area contributed by atoms with Crippen molar-refractivity contribution < 1.29 is 17.6 Å². The molecule has 1 aliphatic carbocycles. The average Bonchev–Trinajstić information content (AvgIpc) is 3.28. The molecule has 1 N–H and O–H groups in total. The number of nitrogens with one attached hydrogen (secondary N) is 1. The molecular formula is C26H27N3O4S. The molecule has 0 saturated heterocycles. The molecule has 5 rings (SSSR count). The van der Waals surface area contributed by atoms with Crippen LogP contribution in [0.1, 0.15) is 17.5 Å². The summed E-state index contributed by atoms with van der Waals surface area (Å²) in [7, 11) is 2.02. The number of rotatable bonds is 6. The Labute approximate surface area is 199 Å². The van der Waals surface area contributed by atoms with Crippen LogP contribution in [0, 0.1) is 0 Å². The van der Waals surface area contributed by atoms with Crippen LogP contribution in [-0.4, -0.2) is 45.5 Å². The summed E-state index contributed by atoms with van der Waals surface area (Å²) in [6, 6.07) is 18.1. The molecule has 1 aliphatic rings. The van der Waals surface area contributed by atoms with Gasteiger partial charge in [0.2, 0.25) is 5.89 Å². The van der Waals surface area contributed by atoms with E-state index in [4.69, 9.17) is 9.15 Å². The predicted octanol–water partition coefficient (Wildman–Crippen LogP) is 4.72. The Morgan fingerprint density at radius 1 is 1.03 bits per heavy atom. The number of anilines is 1. The molecule has 0 spiro atoms. The topological polar surface area (TPSA) is 84.7 Å². The van der Waals surface area contributed by atoms with Crippen LogP contribution in [0.2, 0.25) is 0 Å². The highest BCUT2D eigenvalue weighted by Crippen LogP contribution is 2.37. The monoisotopic (exact) mass is 477 g/mol. The quantitative estimate of drug-likeness (QED) is 0.432. The minimum atomic E-state index is -3.77. The third-order valence-electron chi connectivity index (χ3n) is 6.46. The SMILES string of the molecule is COc1ccc(NS(=O)(=O)c2ccc(-c3nc4ccccc4o3)cc2)c2c1CC(N(C)C)CC2. The number of fused-ring (bicyclic) bond motifs is 2. The van der Waals surface area contributed by atoms with Gasteiger partial charge in [-0.15, -0.1) is 0 Å². The highest BCUT2D eigenvalue weighted by Gasteiger charge is 2.27. The molecule has 8 heteroatoms. The second kappa shape index (κ2) is 8.77. The van der Waals surface area contributed by atoms with Crippen LogP contribution < -0.4 is 9.46 Å². The minimum absolute atomic E-state index is 0.180. The summed E-state index contributed by atoms with van der Waals surface area (Å²) in [4.78, 5) is 6.86. The van der Waals surface area contributed by atoms with Gasteiger partial charge in [-0.05, 0) is 87.5 Å². The van der Waals surface area contributed by atoms with E-state index < -0.39 is 10.0 Å². The Balaban J connectivity index is 1.42. The normalized spacial score (nSPS) is 15.9. The third-order valence-corrected chi connectivity index (χ3v) is 7.84. The molecule has 1 unspecified atom stereocenters. The molecule has 4 aromatic rings. The lowest BCUT2D eigenvalue weighted by Gasteiger charge is -2.32. The van der Waals surface area contributed by atoms with E-state index in [0.29, 0.717) is 28.8 Å². The van der Waals surface area contributed by atoms with Crippen molar-refractivity contribution in [2.75, 3.05) is 25.9 Å². The van der Waals surface area contributed by atoms with E-state index in [9.17, 15) is 8.42 Å². The standard InChI is InChI=1S/C26H27N3O4S/c1-29(2)18-10-13-20-21(16-18)24(32-3)15-14-22(20)28-34(30,31)19-11-8-17(9-12-19)26-27-23-6-4-5-7-25(23)33-26/h4-9,11-12,14-15,18,28H,10,13,16H2,1-3H3. The molecule has 0 fully saturated rings. The number of hydrogen-bond acceptors (Lipinski definition) is 6. The van der Waals surface area contributed by atoms with Crippen LogP contribution in [0.15, 0.2) is 70.0 Å². The van der Waals surface area contributed by atoms with Crippen LogP contribution in [0.3, 0.4) is 0 Å². The van der Waals surface area contributed by atoms with Gasteiger partial charge in [0.15, 0.2) is 5.58 Å². The zero-order valence-corrected chi connectivity index (χ0v) is 20.2. The van der Waals surface area contributed by atoms with Crippen molar-refractivity contribution in [3.8, 4) is 17.2 Å². The fourth-order valence-electron chi connectivity index (χ4n) is 4.53. The largest absolute Gasteiger partial charge is 0.496 e. The average molecular weight is 478 g/mol. The highest BCUT2D eigenvalue weighted by atomic mass is 32.2. The Hall–Kier alpha value is -3.36. The van der Waals surface area contributed by atoms with Gasteiger partial charge in [0, 0.05) is 17.2 Å². The highest BCUT2D eigenvalue weighted by molar-refractivity contribution is 7.92. The van der Waals surface area contributed by atoms with Gasteiger partial charge in [0.05, 0.1) is 17.7 Å². The van der Waals surface area contributed by atoms with E-state index in [1.54, 1.807) is 37.4 Å². The van der Waals surface area contributed by atoms with Gasteiger partial charge in [-0.2, -0.15) is 0 Å². The van der Waals surface area contributed by atoms with E-state index in [0.717, 1.165) is 41.7 Å². The zero-order chi connectivity index (χ0) is 23.9. The van der Waals surface area contributed by atoms with Crippen molar-refractivity contribution in [3.63, 3.8) is 0 Å². The summed E-state index contributed by atoms with van der Waals surface area (Å²) in [5.74, 6) is 1.25. The maximum Gasteiger partial charge on any atom is 0.261 e. The lowest BCUT2D eigenvalue weighted by Crippen LogP contribution is -2.34. The fourth-order valence-corrected chi connectivity index (χ4v) is 5.63. The Kier molecular flexibility index (Phi) is 5.79. The number of sulfonamides is 1. The van der Waals surface area contributed by atoms with Crippen molar-refractivity contribution in [3.05, 3.63) is 71.8 Å². The van der Waals surface area contributed by atoms with E-state index in [-0.39, 0.29) is 4.90 Å². The molecule has 34 heavy (non-hydrogen) atoms. The first-order valence-electron chi connectivity index (χ1n) is 11.2. The number of methoxy groups -OCH3 is 1. The number of hydrogen-bond donors (Lipinski definition) is 1. The second-order valence-electron chi connectivity index (χ2n) is 8.75. The summed E-state index contributed by atoms with van der Waals surface area (Å²) >= 11 is 0. The van der Waals surface area contributed by atoms with Gasteiger partial charge >= 0.3 is 0 Å². The molecule has 1 heterocycles. The molecule has 7 nitrogen and oxygen atoms in total. The maximum absolute atomic E-state index is 13.2. The number of para-hydroxylation sites is 2. The molecule has 176 valence electrons. The lowest BCUT2D eigenvalue weighted by molar-refractivity contribution is 0.265. The first-order chi connectivity index (χ1) is 16.4. The summed E-state index contributed by atoms with van der Waals surface area (Å²) in [6.45, 7) is 0. The number of oxazole rings is 1. The van der Waals surface area contributed by atoms with Crippen molar-refractivity contribution in [1.29, 1.82) is 0 Å². The van der Waals surface area contributed by atoms with Crippen molar-refractivity contribution in [2.24, 2.45) is 0 Å². The third kappa shape index (κ3) is 4.15. The summed E-state index contributed by atoms with van der Waals surface area (Å²) in [5, 5.41) is 0. The second-order valence-corrected chi connectivity index (χ2v) is 10.4. The van der Waals surface area contributed by atoms with Gasteiger partial charge in [-0.1, -0.05) is 12.1 Å². The molecule has 0 aliphatic heterocycles. The predicted molar refractivity (Wildman–Crippen MR) is 133 cm³/mol. The molecule has 3 aromatic carbocycles. The Morgan fingerprint density at radius 2 is 1.79 bits per heavy atom. The van der Waals surface area contributed by atoms with Crippen molar-refractivity contribution in [1.82, 2.24) is 9.88 Å². The number of aromatic nitrogens is 1. The zero-order valence-electron chi connectivity index (χ0n) is 19.4. The molecule has 0 saturated carbocycles. The van der Waals surface area contributed by atoms with Crippen LogP contribution in [0.25, 0.3) is 22.6 Å². The van der Waals surface area contributed by atoms with Gasteiger partial charge in [-0.3, -0.25) is 4.72 Å². The first-order valence-corrected chi connectivity index (χ1v) is 12.7. The van der Waals surface area contributed by atoms with Gasteiger partial charge in [0.25, 0.3) is 10.0 Å². The molecule has 0 radical (unpaired) electrons. The van der Waals surface area contributed by atoms with E-state index in [1.807, 2.05) is 30.3 Å².